The summed E-state index contributed by atoms with van der Waals surface area (Å²) in [7, 11) is 0. The van der Waals surface area contributed by atoms with E-state index in [0.29, 0.717) is 17.7 Å². The van der Waals surface area contributed by atoms with Crippen LogP contribution in [0.2, 0.25) is 0 Å². The number of Topliss-reactive ketones (excluding diaryl/α,β-unsaturated/α-hetero) is 1. The van der Waals surface area contributed by atoms with Gasteiger partial charge in [0, 0.05) is 17.7 Å². The van der Waals surface area contributed by atoms with Crippen LogP contribution in [0.5, 0.6) is 0 Å². The molecule has 1 amide bonds. The molecule has 114 valence electrons. The van der Waals surface area contributed by atoms with Gasteiger partial charge in [-0.05, 0) is 19.1 Å². The Bertz CT molecular complexity index is 614. The average molecular weight is 298 g/mol. The Morgan fingerprint density at radius 1 is 0.955 bits per heavy atom. The van der Waals surface area contributed by atoms with Crippen LogP contribution in [0, 0.1) is 0 Å². The molecule has 0 aliphatic heterocycles. The van der Waals surface area contributed by atoms with E-state index in [9.17, 15) is 9.59 Å². The smallest absolute Gasteiger partial charge is 0.265 e. The van der Waals surface area contributed by atoms with Gasteiger partial charge >= 0.3 is 0 Å². The van der Waals surface area contributed by atoms with Crippen LogP contribution in [0.3, 0.4) is 0 Å². The molecule has 0 aromatic heterocycles. The first-order valence-corrected chi connectivity index (χ1v) is 7.04. The number of nitrogens with one attached hydrogen (secondary N) is 2. The van der Waals surface area contributed by atoms with Crippen LogP contribution in [0.25, 0.3) is 0 Å². The second-order valence-corrected chi connectivity index (χ2v) is 4.53. The highest BCUT2D eigenvalue weighted by Crippen LogP contribution is 2.05. The van der Waals surface area contributed by atoms with Gasteiger partial charge in [-0.2, -0.15) is 5.43 Å². The molecule has 2 aromatic rings. The van der Waals surface area contributed by atoms with Crippen molar-refractivity contribution in [2.75, 3.05) is 6.61 Å². The van der Waals surface area contributed by atoms with Crippen LogP contribution in [-0.2, 0) is 4.74 Å². The first kappa shape index (κ1) is 15.9. The SMILES string of the molecule is CCOC(NNC(=O)c1ccccc1)C(=O)c1ccccc1. The maximum Gasteiger partial charge on any atom is 0.265 e. The molecule has 0 spiro atoms. The molecule has 0 aliphatic rings. The predicted molar refractivity (Wildman–Crippen MR) is 83.2 cm³/mol. The Hall–Kier alpha value is -2.50. The summed E-state index contributed by atoms with van der Waals surface area (Å²) in [4.78, 5) is 24.3. The number of hydrogen-bond acceptors (Lipinski definition) is 4. The van der Waals surface area contributed by atoms with E-state index in [1.807, 2.05) is 12.1 Å². The summed E-state index contributed by atoms with van der Waals surface area (Å²) < 4.78 is 5.37. The van der Waals surface area contributed by atoms with Gasteiger partial charge in [0.05, 0.1) is 0 Å². The van der Waals surface area contributed by atoms with Crippen LogP contribution in [0.15, 0.2) is 60.7 Å². The summed E-state index contributed by atoms with van der Waals surface area (Å²) in [5.41, 5.74) is 6.16. The maximum absolute atomic E-state index is 12.3. The average Bonchev–Trinajstić information content (AvgIpc) is 2.59. The number of hydrogen-bond donors (Lipinski definition) is 2. The van der Waals surface area contributed by atoms with Crippen molar-refractivity contribution in [2.24, 2.45) is 0 Å². The highest BCUT2D eigenvalue weighted by atomic mass is 16.5. The number of ether oxygens (including phenoxy) is 1. The lowest BCUT2D eigenvalue weighted by molar-refractivity contribution is 0.0254. The van der Waals surface area contributed by atoms with Crippen molar-refractivity contribution in [1.29, 1.82) is 0 Å². The fourth-order valence-corrected chi connectivity index (χ4v) is 1.90. The van der Waals surface area contributed by atoms with E-state index in [2.05, 4.69) is 10.9 Å². The molecule has 0 bridgehead atoms. The van der Waals surface area contributed by atoms with E-state index < -0.39 is 6.23 Å². The van der Waals surface area contributed by atoms with Gasteiger partial charge in [-0.15, -0.1) is 0 Å². The molecule has 1 atom stereocenters. The van der Waals surface area contributed by atoms with Crippen LogP contribution < -0.4 is 10.9 Å². The van der Waals surface area contributed by atoms with Gasteiger partial charge in [-0.25, -0.2) is 0 Å². The number of rotatable bonds is 7. The Labute approximate surface area is 129 Å². The number of carbonyl (C=O) groups is 2. The van der Waals surface area contributed by atoms with Gasteiger partial charge in [-0.3, -0.25) is 15.0 Å². The third kappa shape index (κ3) is 4.25. The second kappa shape index (κ2) is 8.07. The summed E-state index contributed by atoms with van der Waals surface area (Å²) in [6, 6.07) is 17.5. The lowest BCUT2D eigenvalue weighted by Crippen LogP contribution is -2.49. The van der Waals surface area contributed by atoms with Crippen LogP contribution in [0.4, 0.5) is 0 Å². The zero-order valence-electron chi connectivity index (χ0n) is 12.3. The fourth-order valence-electron chi connectivity index (χ4n) is 1.90. The molecule has 2 rings (SSSR count). The number of hydrazine groups is 1. The van der Waals surface area contributed by atoms with Gasteiger partial charge in [0.15, 0.2) is 6.23 Å². The zero-order chi connectivity index (χ0) is 15.8. The van der Waals surface area contributed by atoms with Crippen molar-refractivity contribution in [2.45, 2.75) is 13.2 Å². The molecule has 5 heteroatoms. The zero-order valence-corrected chi connectivity index (χ0v) is 12.3. The van der Waals surface area contributed by atoms with E-state index in [-0.39, 0.29) is 11.7 Å². The lowest BCUT2D eigenvalue weighted by Gasteiger charge is -2.18. The first-order valence-electron chi connectivity index (χ1n) is 7.04. The highest BCUT2D eigenvalue weighted by molar-refractivity contribution is 5.99. The monoisotopic (exact) mass is 298 g/mol. The third-order valence-corrected chi connectivity index (χ3v) is 2.98. The molecule has 0 radical (unpaired) electrons. The quantitative estimate of drug-likeness (QED) is 0.467. The van der Waals surface area contributed by atoms with Crippen molar-refractivity contribution in [3.05, 3.63) is 71.8 Å². The molecule has 0 fully saturated rings. The van der Waals surface area contributed by atoms with E-state index in [4.69, 9.17) is 4.74 Å². The molecule has 1 unspecified atom stereocenters. The predicted octanol–water partition coefficient (Wildman–Crippen LogP) is 2.17. The first-order chi connectivity index (χ1) is 10.7. The van der Waals surface area contributed by atoms with E-state index in [1.54, 1.807) is 55.5 Å². The van der Waals surface area contributed by atoms with Gasteiger partial charge in [-0.1, -0.05) is 48.5 Å². The van der Waals surface area contributed by atoms with Crippen LogP contribution >= 0.6 is 0 Å². The van der Waals surface area contributed by atoms with E-state index >= 15 is 0 Å². The van der Waals surface area contributed by atoms with Crippen molar-refractivity contribution in [3.8, 4) is 0 Å². The molecule has 5 nitrogen and oxygen atoms in total. The minimum absolute atomic E-state index is 0.240. The summed E-state index contributed by atoms with van der Waals surface area (Å²) >= 11 is 0. The maximum atomic E-state index is 12.3. The topological polar surface area (TPSA) is 67.4 Å². The molecule has 22 heavy (non-hydrogen) atoms. The molecule has 0 aliphatic carbocycles. The van der Waals surface area contributed by atoms with Crippen LogP contribution in [0.1, 0.15) is 27.6 Å². The molecular formula is C17H18N2O3. The Morgan fingerprint density at radius 3 is 2.05 bits per heavy atom. The van der Waals surface area contributed by atoms with E-state index in [0.717, 1.165) is 0 Å². The molecule has 0 heterocycles. The van der Waals surface area contributed by atoms with Crippen molar-refractivity contribution < 1.29 is 14.3 Å². The van der Waals surface area contributed by atoms with Gasteiger partial charge < -0.3 is 4.74 Å². The fraction of sp³-hybridized carbons (Fsp3) is 0.176. The van der Waals surface area contributed by atoms with E-state index in [1.165, 1.54) is 0 Å². The van der Waals surface area contributed by atoms with Crippen molar-refractivity contribution in [1.82, 2.24) is 10.9 Å². The van der Waals surface area contributed by atoms with Crippen molar-refractivity contribution in [3.63, 3.8) is 0 Å². The normalized spacial score (nSPS) is 11.7. The molecular weight excluding hydrogens is 280 g/mol. The Morgan fingerprint density at radius 2 is 1.50 bits per heavy atom. The Balaban J connectivity index is 2.00. The Kier molecular flexibility index (Phi) is 5.82. The number of carbonyl (C=O) groups excluding carboxylic acids is 2. The number of amides is 1. The largest absolute Gasteiger partial charge is 0.354 e. The van der Waals surface area contributed by atoms with Gasteiger partial charge in [0.1, 0.15) is 0 Å². The number of benzene rings is 2. The lowest BCUT2D eigenvalue weighted by atomic mass is 10.1. The standard InChI is InChI=1S/C17H18N2O3/c1-2-22-17(15(20)13-9-5-3-6-10-13)19-18-16(21)14-11-7-4-8-12-14/h3-12,17,19H,2H2,1H3,(H,18,21). The molecule has 0 saturated heterocycles. The van der Waals surface area contributed by atoms with Crippen LogP contribution in [-0.4, -0.2) is 24.5 Å². The summed E-state index contributed by atoms with van der Waals surface area (Å²) in [6.45, 7) is 2.13. The summed E-state index contributed by atoms with van der Waals surface area (Å²) in [6.07, 6.45) is -0.930. The summed E-state index contributed by atoms with van der Waals surface area (Å²) in [5.74, 6) is -0.568. The van der Waals surface area contributed by atoms with Gasteiger partial charge in [0.25, 0.3) is 5.91 Å². The highest BCUT2D eigenvalue weighted by Gasteiger charge is 2.20. The molecule has 2 aromatic carbocycles. The minimum atomic E-state index is -0.930. The summed E-state index contributed by atoms with van der Waals surface area (Å²) in [5, 5.41) is 0. The van der Waals surface area contributed by atoms with Gasteiger partial charge in [0.2, 0.25) is 5.78 Å². The third-order valence-electron chi connectivity index (χ3n) is 2.98. The van der Waals surface area contributed by atoms with Crippen molar-refractivity contribution >= 4 is 11.7 Å². The second-order valence-electron chi connectivity index (χ2n) is 4.53. The molecule has 0 saturated carbocycles. The number of ketones is 1. The minimum Gasteiger partial charge on any atom is -0.354 e. The molecule has 2 N–H and O–H groups in total.